The zero-order valence-electron chi connectivity index (χ0n) is 20.1. The lowest BCUT2D eigenvalue weighted by Gasteiger charge is -2.34. The summed E-state index contributed by atoms with van der Waals surface area (Å²) in [6.45, 7) is 17.1. The molecule has 2 fully saturated rings. The van der Waals surface area contributed by atoms with Crippen LogP contribution in [0, 0.1) is 12.8 Å². The van der Waals surface area contributed by atoms with Crippen molar-refractivity contribution in [2.45, 2.75) is 59.2 Å². The van der Waals surface area contributed by atoms with E-state index in [4.69, 9.17) is 9.73 Å². The van der Waals surface area contributed by atoms with Crippen LogP contribution in [-0.4, -0.2) is 95.1 Å². The van der Waals surface area contributed by atoms with Gasteiger partial charge in [0.1, 0.15) is 12.4 Å². The molecule has 0 aromatic carbocycles. The van der Waals surface area contributed by atoms with Gasteiger partial charge in [-0.25, -0.2) is 4.99 Å². The molecule has 0 bridgehead atoms. The molecule has 0 radical (unpaired) electrons. The Morgan fingerprint density at radius 3 is 2.74 bits per heavy atom. The van der Waals surface area contributed by atoms with Crippen LogP contribution >= 0.6 is 0 Å². The molecule has 3 rings (SSSR count). The number of morpholine rings is 1. The number of aryl methyl sites for hydroxylation is 1. The Morgan fingerprint density at radius 2 is 2.03 bits per heavy atom. The van der Waals surface area contributed by atoms with Gasteiger partial charge in [0.05, 0.1) is 12.7 Å². The summed E-state index contributed by atoms with van der Waals surface area (Å²) in [6.07, 6.45) is 2.70. The van der Waals surface area contributed by atoms with E-state index < -0.39 is 0 Å². The number of nitrogens with zero attached hydrogens (tertiary/aromatic N) is 6. The summed E-state index contributed by atoms with van der Waals surface area (Å²) in [5.41, 5.74) is 0. The smallest absolute Gasteiger partial charge is 0.191 e. The molecule has 176 valence electrons. The normalized spacial score (nSPS) is 23.6. The third-order valence-corrected chi connectivity index (χ3v) is 6.32. The number of guanidine groups is 1. The fourth-order valence-corrected chi connectivity index (χ4v) is 4.47. The van der Waals surface area contributed by atoms with E-state index >= 15 is 0 Å². The number of nitrogens with one attached hydrogen (secondary N) is 2. The van der Waals surface area contributed by atoms with Crippen LogP contribution in [0.2, 0.25) is 0 Å². The molecule has 3 heterocycles. The summed E-state index contributed by atoms with van der Waals surface area (Å²) in [6, 6.07) is 0.571. The van der Waals surface area contributed by atoms with Crippen molar-refractivity contribution in [2.75, 3.05) is 52.4 Å². The van der Waals surface area contributed by atoms with Crippen molar-refractivity contribution in [3.8, 4) is 0 Å². The summed E-state index contributed by atoms with van der Waals surface area (Å²) in [7, 11) is 1.98. The van der Waals surface area contributed by atoms with Crippen LogP contribution in [0.25, 0.3) is 0 Å². The van der Waals surface area contributed by atoms with E-state index in [0.29, 0.717) is 18.5 Å². The second-order valence-electron chi connectivity index (χ2n) is 9.22. The lowest BCUT2D eigenvalue weighted by atomic mass is 10.2. The molecule has 2 aliphatic rings. The topological polar surface area (TPSA) is 82.8 Å². The Kier molecular flexibility index (Phi) is 9.10. The van der Waals surface area contributed by atoms with Gasteiger partial charge in [0.25, 0.3) is 0 Å². The van der Waals surface area contributed by atoms with E-state index in [-0.39, 0.29) is 6.10 Å². The average molecular weight is 435 g/mol. The molecule has 0 spiro atoms. The first-order valence-corrected chi connectivity index (χ1v) is 11.9. The number of aliphatic imine (C=N–C) groups is 1. The van der Waals surface area contributed by atoms with E-state index in [9.17, 15) is 0 Å². The number of rotatable bonds is 9. The molecule has 2 N–H and O–H groups in total. The highest BCUT2D eigenvalue weighted by Gasteiger charge is 2.24. The van der Waals surface area contributed by atoms with Crippen molar-refractivity contribution in [1.29, 1.82) is 0 Å². The number of hydrogen-bond acceptors (Lipinski definition) is 6. The second kappa shape index (κ2) is 11.8. The first-order valence-electron chi connectivity index (χ1n) is 11.9. The molecular formula is C22H42N8O. The van der Waals surface area contributed by atoms with Gasteiger partial charge in [0, 0.05) is 45.8 Å². The highest BCUT2D eigenvalue weighted by Crippen LogP contribution is 2.15. The number of ether oxygens (including phenoxy) is 1. The van der Waals surface area contributed by atoms with E-state index in [1.165, 1.54) is 19.4 Å². The van der Waals surface area contributed by atoms with Crippen molar-refractivity contribution < 1.29 is 4.74 Å². The van der Waals surface area contributed by atoms with E-state index in [0.717, 1.165) is 63.5 Å². The van der Waals surface area contributed by atoms with Crippen molar-refractivity contribution >= 4 is 5.96 Å². The minimum Gasteiger partial charge on any atom is -0.374 e. The van der Waals surface area contributed by atoms with Crippen molar-refractivity contribution in [1.82, 2.24) is 35.2 Å². The van der Waals surface area contributed by atoms with Crippen LogP contribution in [-0.2, 0) is 18.3 Å². The molecule has 1 aromatic rings. The van der Waals surface area contributed by atoms with Gasteiger partial charge in [-0.3, -0.25) is 9.80 Å². The molecule has 2 unspecified atom stereocenters. The van der Waals surface area contributed by atoms with Gasteiger partial charge in [-0.2, -0.15) is 0 Å². The fourth-order valence-electron chi connectivity index (χ4n) is 4.47. The van der Waals surface area contributed by atoms with E-state index in [2.05, 4.69) is 51.4 Å². The quantitative estimate of drug-likeness (QED) is 0.443. The maximum atomic E-state index is 6.02. The zero-order valence-corrected chi connectivity index (χ0v) is 20.1. The molecule has 2 aliphatic heterocycles. The van der Waals surface area contributed by atoms with Gasteiger partial charge in [-0.15, -0.1) is 10.2 Å². The van der Waals surface area contributed by atoms with E-state index in [1.54, 1.807) is 0 Å². The van der Waals surface area contributed by atoms with Crippen LogP contribution in [0.4, 0.5) is 0 Å². The van der Waals surface area contributed by atoms with Crippen molar-refractivity contribution in [3.63, 3.8) is 0 Å². The summed E-state index contributed by atoms with van der Waals surface area (Å²) < 4.78 is 8.01. The van der Waals surface area contributed by atoms with Gasteiger partial charge >= 0.3 is 0 Å². The predicted octanol–water partition coefficient (Wildman–Crippen LogP) is 1.000. The molecule has 31 heavy (non-hydrogen) atoms. The maximum absolute atomic E-state index is 6.02. The number of likely N-dealkylation sites (tertiary alicyclic amines) is 1. The van der Waals surface area contributed by atoms with Crippen LogP contribution in [0.15, 0.2) is 4.99 Å². The van der Waals surface area contributed by atoms with Crippen molar-refractivity contribution in [3.05, 3.63) is 11.6 Å². The van der Waals surface area contributed by atoms with Crippen molar-refractivity contribution in [2.24, 2.45) is 18.0 Å². The number of aromatic nitrogens is 3. The maximum Gasteiger partial charge on any atom is 0.191 e. The Bertz CT molecular complexity index is 704. The van der Waals surface area contributed by atoms with Crippen LogP contribution in [0.5, 0.6) is 0 Å². The Morgan fingerprint density at radius 1 is 1.23 bits per heavy atom. The molecule has 0 amide bonds. The van der Waals surface area contributed by atoms with E-state index in [1.807, 2.05) is 18.5 Å². The van der Waals surface area contributed by atoms with Gasteiger partial charge in [-0.1, -0.05) is 20.8 Å². The molecule has 1 aromatic heterocycles. The second-order valence-corrected chi connectivity index (χ2v) is 9.22. The molecular weight excluding hydrogens is 392 g/mol. The van der Waals surface area contributed by atoms with Gasteiger partial charge < -0.3 is 19.9 Å². The minimum atomic E-state index is 0.176. The lowest BCUT2D eigenvalue weighted by molar-refractivity contribution is -0.0284. The molecule has 2 atom stereocenters. The van der Waals surface area contributed by atoms with Gasteiger partial charge in [0.15, 0.2) is 11.8 Å². The average Bonchev–Trinajstić information content (AvgIpc) is 3.34. The molecule has 2 saturated heterocycles. The zero-order chi connectivity index (χ0) is 22.2. The first kappa shape index (κ1) is 23.9. The fraction of sp³-hybridized carbons (Fsp3) is 0.864. The minimum absolute atomic E-state index is 0.176. The largest absolute Gasteiger partial charge is 0.374 e. The molecule has 9 heteroatoms. The number of likely N-dealkylation sites (N-methyl/N-ethyl adjacent to an activating group) is 1. The van der Waals surface area contributed by atoms with Gasteiger partial charge in [-0.05, 0) is 38.8 Å². The lowest BCUT2D eigenvalue weighted by Crippen LogP contribution is -2.51. The standard InChI is InChI=1S/C22H42N8O/c1-6-30-9-7-8-19(30)12-23-22(25-14-21-27-26-18(4)28(21)5)24-13-20-16-29(10-11-31-20)15-17(2)3/h17,19-20H,6-16H2,1-5H3,(H2,23,24,25). The monoisotopic (exact) mass is 434 g/mol. The van der Waals surface area contributed by atoms with Crippen LogP contribution < -0.4 is 10.6 Å². The molecule has 0 aliphatic carbocycles. The number of hydrogen-bond donors (Lipinski definition) is 2. The van der Waals surface area contributed by atoms with Gasteiger partial charge in [0.2, 0.25) is 0 Å². The SMILES string of the molecule is CCN1CCCC1CNC(=NCc1nnc(C)n1C)NCC1CN(CC(C)C)CCO1. The summed E-state index contributed by atoms with van der Waals surface area (Å²) in [4.78, 5) is 9.87. The first-order chi connectivity index (χ1) is 15.0. The Labute approximate surface area is 187 Å². The summed E-state index contributed by atoms with van der Waals surface area (Å²) >= 11 is 0. The summed E-state index contributed by atoms with van der Waals surface area (Å²) in [5, 5.41) is 15.5. The molecule has 0 saturated carbocycles. The Balaban J connectivity index is 1.58. The predicted molar refractivity (Wildman–Crippen MR) is 124 cm³/mol. The third-order valence-electron chi connectivity index (χ3n) is 6.32. The van der Waals surface area contributed by atoms with Crippen LogP contribution in [0.3, 0.4) is 0 Å². The summed E-state index contributed by atoms with van der Waals surface area (Å²) in [5.74, 6) is 3.27. The Hall–Kier alpha value is -1.71. The third kappa shape index (κ3) is 7.15. The highest BCUT2D eigenvalue weighted by molar-refractivity contribution is 5.79. The highest BCUT2D eigenvalue weighted by atomic mass is 16.5. The molecule has 9 nitrogen and oxygen atoms in total. The van der Waals surface area contributed by atoms with Crippen LogP contribution in [0.1, 0.15) is 45.3 Å².